The standard InChI is InChI=1S/C13H16N2O3/c14-13(16)9-2-1-5-15(7-9)10-3-4-11-12(6-10)18-8-17-11/h3-4,6,9H,1-2,5,7-8H2,(H2,14,16). The second kappa shape index (κ2) is 4.40. The Morgan fingerprint density at radius 2 is 2.17 bits per heavy atom. The number of benzene rings is 1. The maximum absolute atomic E-state index is 11.3. The minimum Gasteiger partial charge on any atom is -0.454 e. The number of anilines is 1. The maximum atomic E-state index is 11.3. The number of carbonyl (C=O) groups is 1. The first kappa shape index (κ1) is 11.2. The van der Waals surface area contributed by atoms with E-state index in [1.54, 1.807) is 0 Å². The Kier molecular flexibility index (Phi) is 2.74. The van der Waals surface area contributed by atoms with Crippen molar-refractivity contribution in [3.8, 4) is 11.5 Å². The van der Waals surface area contributed by atoms with Gasteiger partial charge in [0.1, 0.15) is 0 Å². The smallest absolute Gasteiger partial charge is 0.231 e. The first-order valence-corrected chi connectivity index (χ1v) is 6.18. The summed E-state index contributed by atoms with van der Waals surface area (Å²) in [4.78, 5) is 13.5. The van der Waals surface area contributed by atoms with Crippen molar-refractivity contribution < 1.29 is 14.3 Å². The average Bonchev–Trinajstić information content (AvgIpc) is 2.86. The first-order chi connectivity index (χ1) is 8.74. The highest BCUT2D eigenvalue weighted by atomic mass is 16.7. The van der Waals surface area contributed by atoms with Gasteiger partial charge in [0.05, 0.1) is 5.92 Å². The molecule has 1 aromatic rings. The summed E-state index contributed by atoms with van der Waals surface area (Å²) in [6.45, 7) is 1.92. The summed E-state index contributed by atoms with van der Waals surface area (Å²) in [5, 5.41) is 0. The molecule has 1 aromatic carbocycles. The zero-order valence-electron chi connectivity index (χ0n) is 10.1. The minimum atomic E-state index is -0.208. The fraction of sp³-hybridized carbons (Fsp3) is 0.462. The van der Waals surface area contributed by atoms with Gasteiger partial charge in [-0.15, -0.1) is 0 Å². The van der Waals surface area contributed by atoms with E-state index < -0.39 is 0 Å². The Bertz CT molecular complexity index is 475. The summed E-state index contributed by atoms with van der Waals surface area (Å²) < 4.78 is 10.6. The van der Waals surface area contributed by atoms with Gasteiger partial charge >= 0.3 is 0 Å². The molecule has 5 heteroatoms. The van der Waals surface area contributed by atoms with Crippen LogP contribution in [0.5, 0.6) is 11.5 Å². The van der Waals surface area contributed by atoms with Gasteiger partial charge in [0.15, 0.2) is 11.5 Å². The van der Waals surface area contributed by atoms with E-state index in [1.807, 2.05) is 18.2 Å². The lowest BCUT2D eigenvalue weighted by atomic mass is 9.97. The highest BCUT2D eigenvalue weighted by Crippen LogP contribution is 2.36. The highest BCUT2D eigenvalue weighted by molar-refractivity contribution is 5.77. The van der Waals surface area contributed by atoms with Crippen molar-refractivity contribution in [2.24, 2.45) is 11.7 Å². The molecule has 2 heterocycles. The summed E-state index contributed by atoms with van der Waals surface area (Å²) in [6.07, 6.45) is 1.87. The highest BCUT2D eigenvalue weighted by Gasteiger charge is 2.25. The number of primary amides is 1. The molecular weight excluding hydrogens is 232 g/mol. The van der Waals surface area contributed by atoms with Crippen LogP contribution in [0.4, 0.5) is 5.69 Å². The number of hydrogen-bond donors (Lipinski definition) is 1. The Morgan fingerprint density at radius 1 is 1.33 bits per heavy atom. The van der Waals surface area contributed by atoms with Gasteiger partial charge in [0.25, 0.3) is 0 Å². The molecule has 18 heavy (non-hydrogen) atoms. The Hall–Kier alpha value is -1.91. The molecule has 1 fully saturated rings. The van der Waals surface area contributed by atoms with Crippen molar-refractivity contribution in [1.82, 2.24) is 0 Å². The number of fused-ring (bicyclic) bond motifs is 1. The van der Waals surface area contributed by atoms with Gasteiger partial charge in [-0.2, -0.15) is 0 Å². The molecule has 0 aromatic heterocycles. The Balaban J connectivity index is 1.80. The van der Waals surface area contributed by atoms with Gasteiger partial charge in [-0.05, 0) is 25.0 Å². The number of nitrogens with zero attached hydrogens (tertiary/aromatic N) is 1. The van der Waals surface area contributed by atoms with E-state index in [4.69, 9.17) is 15.2 Å². The van der Waals surface area contributed by atoms with E-state index in [2.05, 4.69) is 4.90 Å². The van der Waals surface area contributed by atoms with E-state index in [-0.39, 0.29) is 18.6 Å². The fourth-order valence-electron chi connectivity index (χ4n) is 2.53. The Labute approximate surface area is 105 Å². The molecule has 1 atom stereocenters. The summed E-state index contributed by atoms with van der Waals surface area (Å²) in [5.41, 5.74) is 6.45. The third-order valence-corrected chi connectivity index (χ3v) is 3.55. The molecular formula is C13H16N2O3. The van der Waals surface area contributed by atoms with Crippen molar-refractivity contribution in [2.75, 3.05) is 24.8 Å². The SMILES string of the molecule is NC(=O)C1CCCN(c2ccc3c(c2)OCO3)C1. The molecule has 0 radical (unpaired) electrons. The van der Waals surface area contributed by atoms with Crippen LogP contribution in [0, 0.1) is 5.92 Å². The number of carbonyl (C=O) groups excluding carboxylic acids is 1. The van der Waals surface area contributed by atoms with Crippen LogP contribution in [0.1, 0.15) is 12.8 Å². The number of rotatable bonds is 2. The van der Waals surface area contributed by atoms with E-state index >= 15 is 0 Å². The molecule has 2 aliphatic rings. The maximum Gasteiger partial charge on any atom is 0.231 e. The van der Waals surface area contributed by atoms with Crippen LogP contribution in [-0.2, 0) is 4.79 Å². The van der Waals surface area contributed by atoms with E-state index in [0.717, 1.165) is 36.6 Å². The topological polar surface area (TPSA) is 64.8 Å². The lowest BCUT2D eigenvalue weighted by molar-refractivity contribution is -0.122. The third kappa shape index (κ3) is 1.96. The molecule has 3 rings (SSSR count). The Morgan fingerprint density at radius 3 is 3.00 bits per heavy atom. The molecule has 1 unspecified atom stereocenters. The van der Waals surface area contributed by atoms with Crippen LogP contribution in [0.3, 0.4) is 0 Å². The average molecular weight is 248 g/mol. The van der Waals surface area contributed by atoms with Crippen LogP contribution in [0.25, 0.3) is 0 Å². The van der Waals surface area contributed by atoms with Gasteiger partial charge in [-0.1, -0.05) is 0 Å². The normalized spacial score (nSPS) is 22.0. The lowest BCUT2D eigenvalue weighted by Crippen LogP contribution is -2.41. The van der Waals surface area contributed by atoms with Gasteiger partial charge in [0, 0.05) is 24.8 Å². The predicted molar refractivity (Wildman–Crippen MR) is 66.7 cm³/mol. The molecule has 2 aliphatic heterocycles. The number of hydrogen-bond acceptors (Lipinski definition) is 4. The van der Waals surface area contributed by atoms with E-state index in [0.29, 0.717) is 6.54 Å². The molecule has 5 nitrogen and oxygen atoms in total. The second-order valence-corrected chi connectivity index (χ2v) is 4.73. The summed E-state index contributed by atoms with van der Waals surface area (Å²) >= 11 is 0. The van der Waals surface area contributed by atoms with Crippen molar-refractivity contribution in [2.45, 2.75) is 12.8 Å². The van der Waals surface area contributed by atoms with Gasteiger partial charge in [-0.25, -0.2) is 0 Å². The quantitative estimate of drug-likeness (QED) is 0.851. The largest absolute Gasteiger partial charge is 0.454 e. The van der Waals surface area contributed by atoms with Crippen LogP contribution < -0.4 is 20.1 Å². The minimum absolute atomic E-state index is 0.0517. The van der Waals surface area contributed by atoms with E-state index in [1.165, 1.54) is 0 Å². The molecule has 0 spiro atoms. The fourth-order valence-corrected chi connectivity index (χ4v) is 2.53. The van der Waals surface area contributed by atoms with Crippen molar-refractivity contribution in [1.29, 1.82) is 0 Å². The second-order valence-electron chi connectivity index (χ2n) is 4.73. The van der Waals surface area contributed by atoms with E-state index in [9.17, 15) is 4.79 Å². The lowest BCUT2D eigenvalue weighted by Gasteiger charge is -2.33. The van der Waals surface area contributed by atoms with Crippen LogP contribution >= 0.6 is 0 Å². The zero-order valence-corrected chi connectivity index (χ0v) is 10.1. The molecule has 1 saturated heterocycles. The summed E-state index contributed by atoms with van der Waals surface area (Å²) in [7, 11) is 0. The third-order valence-electron chi connectivity index (χ3n) is 3.55. The molecule has 1 amide bonds. The molecule has 0 saturated carbocycles. The number of ether oxygens (including phenoxy) is 2. The first-order valence-electron chi connectivity index (χ1n) is 6.18. The zero-order chi connectivity index (χ0) is 12.5. The van der Waals surface area contributed by atoms with Gasteiger partial charge in [0.2, 0.25) is 12.7 Å². The van der Waals surface area contributed by atoms with Gasteiger partial charge < -0.3 is 20.1 Å². The molecule has 96 valence electrons. The monoisotopic (exact) mass is 248 g/mol. The number of nitrogens with two attached hydrogens (primary N) is 1. The summed E-state index contributed by atoms with van der Waals surface area (Å²) in [6, 6.07) is 5.87. The van der Waals surface area contributed by atoms with Crippen molar-refractivity contribution >= 4 is 11.6 Å². The molecule has 0 aliphatic carbocycles. The number of amides is 1. The van der Waals surface area contributed by atoms with Crippen LogP contribution in [0.15, 0.2) is 18.2 Å². The van der Waals surface area contributed by atoms with Crippen LogP contribution in [-0.4, -0.2) is 25.8 Å². The predicted octanol–water partition coefficient (Wildman–Crippen LogP) is 1.12. The summed E-state index contributed by atoms with van der Waals surface area (Å²) in [5.74, 6) is 1.29. The van der Waals surface area contributed by atoms with Gasteiger partial charge in [-0.3, -0.25) is 4.79 Å². The molecule has 2 N–H and O–H groups in total. The van der Waals surface area contributed by atoms with Crippen molar-refractivity contribution in [3.63, 3.8) is 0 Å². The van der Waals surface area contributed by atoms with Crippen molar-refractivity contribution in [3.05, 3.63) is 18.2 Å². The molecule has 0 bridgehead atoms. The van der Waals surface area contributed by atoms with Crippen LogP contribution in [0.2, 0.25) is 0 Å². The number of piperidine rings is 1.